The minimum Gasteiger partial charge on any atom is -0.504 e. The molecule has 3 N–H and O–H groups in total. The van der Waals surface area contributed by atoms with Gasteiger partial charge in [0.2, 0.25) is 0 Å². The molecule has 0 atom stereocenters. The Morgan fingerprint density at radius 3 is 2.91 bits per heavy atom. The maximum absolute atomic E-state index is 11.8. The number of terminal acetylenes is 1. The van der Waals surface area contributed by atoms with Gasteiger partial charge in [-0.3, -0.25) is 0 Å². The fraction of sp³-hybridized carbons (Fsp3) is 0.389. The van der Waals surface area contributed by atoms with E-state index in [-0.39, 0.29) is 11.8 Å². The van der Waals surface area contributed by atoms with E-state index < -0.39 is 0 Å². The molecule has 0 radical (unpaired) electrons. The van der Waals surface area contributed by atoms with Gasteiger partial charge in [0.25, 0.3) is 0 Å². The molecule has 124 valence electrons. The highest BCUT2D eigenvalue weighted by molar-refractivity contribution is 5.89. The van der Waals surface area contributed by atoms with Crippen molar-refractivity contribution in [3.63, 3.8) is 0 Å². The summed E-state index contributed by atoms with van der Waals surface area (Å²) in [5, 5.41) is 15.3. The third-order valence-electron chi connectivity index (χ3n) is 3.01. The third kappa shape index (κ3) is 7.28. The Bertz CT molecular complexity index is 588. The van der Waals surface area contributed by atoms with Crippen LogP contribution in [0.2, 0.25) is 0 Å². The van der Waals surface area contributed by atoms with Crippen LogP contribution in [0, 0.1) is 12.3 Å². The molecule has 0 saturated heterocycles. The number of unbranched alkanes of at least 4 members (excludes halogenated alkanes) is 2. The molecule has 0 unspecified atom stereocenters. The minimum atomic E-state index is -0.303. The van der Waals surface area contributed by atoms with Crippen molar-refractivity contribution < 1.29 is 14.6 Å². The average molecular weight is 316 g/mol. The molecule has 1 rings (SSSR count). The Labute approximate surface area is 137 Å². The number of rotatable bonds is 8. The molecule has 0 saturated carbocycles. The number of aromatic hydroxyl groups is 1. The first-order valence-electron chi connectivity index (χ1n) is 7.72. The first kappa shape index (κ1) is 18.4. The summed E-state index contributed by atoms with van der Waals surface area (Å²) in [6, 6.07) is 4.37. The Morgan fingerprint density at radius 1 is 1.43 bits per heavy atom. The van der Waals surface area contributed by atoms with E-state index in [1.165, 1.54) is 6.07 Å². The van der Waals surface area contributed by atoms with Gasteiger partial charge in [0.1, 0.15) is 0 Å². The van der Waals surface area contributed by atoms with E-state index in [0.29, 0.717) is 30.2 Å². The van der Waals surface area contributed by atoms with Crippen molar-refractivity contribution in [2.24, 2.45) is 0 Å². The topological polar surface area (TPSA) is 70.6 Å². The van der Waals surface area contributed by atoms with Gasteiger partial charge < -0.3 is 20.5 Å². The summed E-state index contributed by atoms with van der Waals surface area (Å²) in [5.74, 6) is 3.58. The molecule has 0 bridgehead atoms. The molecule has 5 heteroatoms. The lowest BCUT2D eigenvalue weighted by Crippen LogP contribution is -2.29. The number of anilines is 1. The van der Waals surface area contributed by atoms with Gasteiger partial charge >= 0.3 is 6.03 Å². The van der Waals surface area contributed by atoms with E-state index in [1.807, 2.05) is 19.9 Å². The molecule has 1 aromatic carbocycles. The number of hydrogen-bond acceptors (Lipinski definition) is 3. The fourth-order valence-electron chi connectivity index (χ4n) is 1.91. The van der Waals surface area contributed by atoms with Gasteiger partial charge in [0.05, 0.1) is 5.76 Å². The first-order chi connectivity index (χ1) is 11.1. The van der Waals surface area contributed by atoms with Crippen LogP contribution in [0.1, 0.15) is 39.5 Å². The zero-order valence-electron chi connectivity index (χ0n) is 13.7. The molecular weight excluding hydrogens is 292 g/mol. The van der Waals surface area contributed by atoms with E-state index in [9.17, 15) is 9.90 Å². The normalized spacial score (nSPS) is 10.7. The molecule has 0 fully saturated rings. The second-order valence-electron chi connectivity index (χ2n) is 5.05. The number of carbonyl (C=O) groups is 1. The van der Waals surface area contributed by atoms with Crippen molar-refractivity contribution in [3.05, 3.63) is 30.0 Å². The number of phenolic OH excluding ortho intramolecular Hbond substituents is 1. The van der Waals surface area contributed by atoms with E-state index in [1.54, 1.807) is 12.1 Å². The van der Waals surface area contributed by atoms with Gasteiger partial charge in [-0.05, 0) is 44.4 Å². The number of phenols is 1. The zero-order valence-corrected chi connectivity index (χ0v) is 13.7. The molecule has 23 heavy (non-hydrogen) atoms. The van der Waals surface area contributed by atoms with E-state index in [0.717, 1.165) is 19.3 Å². The highest BCUT2D eigenvalue weighted by atomic mass is 16.5. The lowest BCUT2D eigenvalue weighted by molar-refractivity contribution is 0.252. The Hall–Kier alpha value is -2.61. The van der Waals surface area contributed by atoms with Crippen molar-refractivity contribution in [2.75, 3.05) is 11.9 Å². The first-order valence-corrected chi connectivity index (χ1v) is 7.72. The molecule has 1 aromatic rings. The molecule has 2 amide bonds. The number of nitrogens with one attached hydrogen (secondary N) is 2. The number of benzene rings is 1. The lowest BCUT2D eigenvalue weighted by atomic mass is 10.2. The number of carbonyl (C=O) groups excluding carboxylic acids is 1. The summed E-state index contributed by atoms with van der Waals surface area (Å²) in [6.07, 6.45) is 10.3. The number of allylic oxidation sites excluding steroid dienone is 2. The van der Waals surface area contributed by atoms with Gasteiger partial charge in [-0.2, -0.15) is 0 Å². The van der Waals surface area contributed by atoms with Crippen LogP contribution in [0.5, 0.6) is 11.5 Å². The van der Waals surface area contributed by atoms with Crippen LogP contribution in [-0.2, 0) is 0 Å². The predicted molar refractivity (Wildman–Crippen MR) is 92.5 cm³/mol. The molecule has 0 aromatic heterocycles. The van der Waals surface area contributed by atoms with Crippen molar-refractivity contribution in [2.45, 2.75) is 39.5 Å². The van der Waals surface area contributed by atoms with Crippen molar-refractivity contribution >= 4 is 11.7 Å². The van der Waals surface area contributed by atoms with Crippen LogP contribution < -0.4 is 15.4 Å². The van der Waals surface area contributed by atoms with Gasteiger partial charge in [0, 0.05) is 24.7 Å². The quantitative estimate of drug-likeness (QED) is 0.294. The van der Waals surface area contributed by atoms with Gasteiger partial charge in [-0.1, -0.05) is 6.92 Å². The minimum absolute atomic E-state index is 0.0223. The Balaban J connectivity index is 2.55. The Morgan fingerprint density at radius 2 is 2.22 bits per heavy atom. The van der Waals surface area contributed by atoms with Crippen LogP contribution in [0.25, 0.3) is 0 Å². The van der Waals surface area contributed by atoms with Crippen molar-refractivity contribution in [1.82, 2.24) is 5.32 Å². The summed E-state index contributed by atoms with van der Waals surface area (Å²) in [4.78, 5) is 11.8. The van der Waals surface area contributed by atoms with Gasteiger partial charge in [-0.25, -0.2) is 4.79 Å². The van der Waals surface area contributed by atoms with Crippen LogP contribution in [0.15, 0.2) is 30.0 Å². The lowest BCUT2D eigenvalue weighted by Gasteiger charge is -2.11. The summed E-state index contributed by atoms with van der Waals surface area (Å²) >= 11 is 0. The molecule has 0 aliphatic heterocycles. The smallest absolute Gasteiger partial charge is 0.319 e. The summed E-state index contributed by atoms with van der Waals surface area (Å²) in [6.45, 7) is 4.37. The van der Waals surface area contributed by atoms with Crippen molar-refractivity contribution in [1.29, 1.82) is 0 Å². The molecule has 5 nitrogen and oxygen atoms in total. The molecule has 0 aliphatic rings. The summed E-state index contributed by atoms with van der Waals surface area (Å²) in [7, 11) is 0. The van der Waals surface area contributed by atoms with E-state index in [4.69, 9.17) is 11.2 Å². The van der Waals surface area contributed by atoms with Crippen LogP contribution in [0.3, 0.4) is 0 Å². The summed E-state index contributed by atoms with van der Waals surface area (Å²) < 4.78 is 5.55. The second kappa shape index (κ2) is 10.2. The van der Waals surface area contributed by atoms with Gasteiger partial charge in [-0.15, -0.1) is 12.3 Å². The average Bonchev–Trinajstić information content (AvgIpc) is 2.50. The SMILES string of the molecule is C#CCCCCNC(=O)Nc1ccc(O)c(O/C(C)=C\CC)c1. The standard InChI is InChI=1S/C18H24N2O3/c1-4-6-7-8-12-19-18(22)20-15-10-11-16(21)17(13-15)23-14(3)9-5-2/h1,9-11,13,21H,5-8,12H2,2-3H3,(H2,19,20,22)/b14-9-. The molecule has 0 aliphatic carbocycles. The number of amides is 2. The second-order valence-corrected chi connectivity index (χ2v) is 5.05. The Kier molecular flexibility index (Phi) is 8.16. The van der Waals surface area contributed by atoms with Crippen LogP contribution >= 0.6 is 0 Å². The monoisotopic (exact) mass is 316 g/mol. The molecular formula is C18H24N2O3. The third-order valence-corrected chi connectivity index (χ3v) is 3.01. The maximum Gasteiger partial charge on any atom is 0.319 e. The van der Waals surface area contributed by atoms with Crippen LogP contribution in [-0.4, -0.2) is 17.7 Å². The number of hydrogen-bond donors (Lipinski definition) is 3. The zero-order chi connectivity index (χ0) is 17.1. The van der Waals surface area contributed by atoms with Crippen LogP contribution in [0.4, 0.5) is 10.5 Å². The fourth-order valence-corrected chi connectivity index (χ4v) is 1.91. The summed E-state index contributed by atoms with van der Waals surface area (Å²) in [5.41, 5.74) is 0.545. The molecule has 0 heterocycles. The highest BCUT2D eigenvalue weighted by Crippen LogP contribution is 2.30. The predicted octanol–water partition coefficient (Wildman–Crippen LogP) is 4.01. The maximum atomic E-state index is 11.8. The largest absolute Gasteiger partial charge is 0.504 e. The van der Waals surface area contributed by atoms with E-state index >= 15 is 0 Å². The van der Waals surface area contributed by atoms with Crippen molar-refractivity contribution in [3.8, 4) is 23.8 Å². The molecule has 0 spiro atoms. The van der Waals surface area contributed by atoms with Gasteiger partial charge in [0.15, 0.2) is 11.5 Å². The number of ether oxygens (including phenoxy) is 1. The number of urea groups is 1. The van der Waals surface area contributed by atoms with E-state index in [2.05, 4.69) is 16.6 Å². The highest BCUT2D eigenvalue weighted by Gasteiger charge is 2.07.